The molecule has 4 nitrogen and oxygen atoms in total. The molecule has 0 spiro atoms. The van der Waals surface area contributed by atoms with E-state index in [2.05, 4.69) is 31.9 Å². The minimum absolute atomic E-state index is 0.343. The van der Waals surface area contributed by atoms with Crippen LogP contribution in [0.2, 0.25) is 0 Å². The Morgan fingerprint density at radius 2 is 2.47 bits per heavy atom. The molecule has 0 aromatic carbocycles. The van der Waals surface area contributed by atoms with Crippen LogP contribution in [-0.2, 0) is 4.74 Å². The zero-order valence-corrected chi connectivity index (χ0v) is 9.64. The second kappa shape index (κ2) is 4.60. The molecule has 1 saturated heterocycles. The first kappa shape index (κ1) is 10.4. The molecule has 0 saturated carbocycles. The van der Waals surface area contributed by atoms with Gasteiger partial charge in [0.15, 0.2) is 6.10 Å². The van der Waals surface area contributed by atoms with Crippen LogP contribution >= 0.6 is 15.9 Å². The molecule has 0 amide bonds. The molecular weight excluding hydrogens is 258 g/mol. The Morgan fingerprint density at radius 3 is 3.13 bits per heavy atom. The lowest BCUT2D eigenvalue weighted by atomic mass is 10.3. The lowest BCUT2D eigenvalue weighted by Crippen LogP contribution is -2.42. The first-order valence-electron chi connectivity index (χ1n) is 4.67. The highest BCUT2D eigenvalue weighted by Gasteiger charge is 2.20. The maximum Gasteiger partial charge on any atom is 0.161 e. The van der Waals surface area contributed by atoms with Crippen molar-refractivity contribution < 1.29 is 4.74 Å². The van der Waals surface area contributed by atoms with Crippen LogP contribution in [0.3, 0.4) is 0 Å². The first-order chi connectivity index (χ1) is 7.29. The fraction of sp³-hybridized carbons (Fsp3) is 0.400. The Hall–Kier alpha value is -1.12. The van der Waals surface area contributed by atoms with E-state index in [1.807, 2.05) is 12.1 Å². The number of morpholine rings is 1. The molecule has 1 atom stereocenters. The van der Waals surface area contributed by atoms with Crippen molar-refractivity contribution in [2.75, 3.05) is 24.6 Å². The summed E-state index contributed by atoms with van der Waals surface area (Å²) >= 11 is 3.34. The van der Waals surface area contributed by atoms with E-state index in [4.69, 9.17) is 10.00 Å². The van der Waals surface area contributed by atoms with E-state index < -0.39 is 0 Å². The van der Waals surface area contributed by atoms with Crippen LogP contribution in [0.1, 0.15) is 0 Å². The van der Waals surface area contributed by atoms with Gasteiger partial charge in [0.25, 0.3) is 0 Å². The predicted molar refractivity (Wildman–Crippen MR) is 59.5 cm³/mol. The SMILES string of the molecule is N#CC1CN(c2ccc(Br)cn2)CCO1. The highest BCUT2D eigenvalue weighted by atomic mass is 79.9. The van der Waals surface area contributed by atoms with E-state index in [0.717, 1.165) is 16.8 Å². The quantitative estimate of drug-likeness (QED) is 0.775. The standard InChI is InChI=1S/C10H10BrN3O/c11-8-1-2-10(13-6-8)14-3-4-15-9(5-12)7-14/h1-2,6,9H,3-4,7H2. The Bertz CT molecular complexity index is 373. The molecule has 1 aromatic heterocycles. The molecule has 2 rings (SSSR count). The molecule has 0 aliphatic carbocycles. The number of anilines is 1. The van der Waals surface area contributed by atoms with Gasteiger partial charge in [-0.05, 0) is 28.1 Å². The van der Waals surface area contributed by atoms with Crippen LogP contribution in [-0.4, -0.2) is 30.8 Å². The van der Waals surface area contributed by atoms with Crippen molar-refractivity contribution in [3.05, 3.63) is 22.8 Å². The Kier molecular flexibility index (Phi) is 3.19. The Morgan fingerprint density at radius 1 is 1.60 bits per heavy atom. The average Bonchev–Trinajstić information content (AvgIpc) is 2.30. The number of nitrogens with zero attached hydrogens (tertiary/aromatic N) is 3. The Labute approximate surface area is 96.6 Å². The number of aromatic nitrogens is 1. The molecule has 1 aliphatic heterocycles. The second-order valence-electron chi connectivity index (χ2n) is 3.27. The highest BCUT2D eigenvalue weighted by Crippen LogP contribution is 2.17. The number of ether oxygens (including phenoxy) is 1. The molecule has 78 valence electrons. The molecule has 15 heavy (non-hydrogen) atoms. The zero-order valence-electron chi connectivity index (χ0n) is 8.06. The molecule has 1 aliphatic rings. The fourth-order valence-electron chi connectivity index (χ4n) is 1.49. The summed E-state index contributed by atoms with van der Waals surface area (Å²) in [5.41, 5.74) is 0. The zero-order chi connectivity index (χ0) is 10.7. The fourth-order valence-corrected chi connectivity index (χ4v) is 1.73. The number of hydrogen-bond acceptors (Lipinski definition) is 4. The van der Waals surface area contributed by atoms with Gasteiger partial charge in [-0.2, -0.15) is 5.26 Å². The molecule has 0 bridgehead atoms. The minimum Gasteiger partial charge on any atom is -0.360 e. The lowest BCUT2D eigenvalue weighted by Gasteiger charge is -2.30. The molecule has 2 heterocycles. The largest absolute Gasteiger partial charge is 0.360 e. The van der Waals surface area contributed by atoms with Gasteiger partial charge < -0.3 is 9.64 Å². The molecule has 1 aromatic rings. The topological polar surface area (TPSA) is 49.2 Å². The minimum atomic E-state index is -0.343. The van der Waals surface area contributed by atoms with Gasteiger partial charge >= 0.3 is 0 Å². The summed E-state index contributed by atoms with van der Waals surface area (Å²) in [4.78, 5) is 6.34. The lowest BCUT2D eigenvalue weighted by molar-refractivity contribution is 0.0761. The predicted octanol–water partition coefficient (Wildman–Crippen LogP) is 1.57. The van der Waals surface area contributed by atoms with Crippen LogP contribution in [0, 0.1) is 11.3 Å². The van der Waals surface area contributed by atoms with Crippen molar-refractivity contribution in [2.45, 2.75) is 6.10 Å². The molecule has 0 N–H and O–H groups in total. The third kappa shape index (κ3) is 2.46. The smallest absolute Gasteiger partial charge is 0.161 e. The van der Waals surface area contributed by atoms with Gasteiger partial charge in [-0.25, -0.2) is 4.98 Å². The monoisotopic (exact) mass is 267 g/mol. The van der Waals surface area contributed by atoms with Gasteiger partial charge in [0.2, 0.25) is 0 Å². The van der Waals surface area contributed by atoms with Crippen LogP contribution in [0.15, 0.2) is 22.8 Å². The van der Waals surface area contributed by atoms with Gasteiger partial charge in [-0.15, -0.1) is 0 Å². The average molecular weight is 268 g/mol. The van der Waals surface area contributed by atoms with Crippen LogP contribution in [0.4, 0.5) is 5.82 Å². The van der Waals surface area contributed by atoms with Crippen LogP contribution in [0.25, 0.3) is 0 Å². The molecule has 1 unspecified atom stereocenters. The molecule has 1 fully saturated rings. The van der Waals surface area contributed by atoms with E-state index in [-0.39, 0.29) is 6.10 Å². The van der Waals surface area contributed by atoms with Gasteiger partial charge in [0.1, 0.15) is 5.82 Å². The number of nitriles is 1. The number of halogens is 1. The number of rotatable bonds is 1. The van der Waals surface area contributed by atoms with Crippen molar-refractivity contribution in [1.82, 2.24) is 4.98 Å². The summed E-state index contributed by atoms with van der Waals surface area (Å²) in [6.07, 6.45) is 1.41. The Balaban J connectivity index is 2.10. The molecule has 5 heteroatoms. The third-order valence-corrected chi connectivity index (χ3v) is 2.72. The van der Waals surface area contributed by atoms with Gasteiger partial charge in [0, 0.05) is 17.2 Å². The summed E-state index contributed by atoms with van der Waals surface area (Å²) in [6, 6.07) is 5.99. The first-order valence-corrected chi connectivity index (χ1v) is 5.46. The summed E-state index contributed by atoms with van der Waals surface area (Å²) in [6.45, 7) is 1.95. The maximum atomic E-state index is 8.77. The molecule has 0 radical (unpaired) electrons. The second-order valence-corrected chi connectivity index (χ2v) is 4.18. The van der Waals surface area contributed by atoms with E-state index in [9.17, 15) is 0 Å². The maximum absolute atomic E-state index is 8.77. The van der Waals surface area contributed by atoms with Gasteiger partial charge in [-0.1, -0.05) is 0 Å². The molecular formula is C10H10BrN3O. The van der Waals surface area contributed by atoms with Gasteiger partial charge in [-0.3, -0.25) is 0 Å². The van der Waals surface area contributed by atoms with E-state index in [0.29, 0.717) is 13.2 Å². The van der Waals surface area contributed by atoms with Gasteiger partial charge in [0.05, 0.1) is 19.2 Å². The number of pyridine rings is 1. The van der Waals surface area contributed by atoms with E-state index in [1.54, 1.807) is 6.20 Å². The van der Waals surface area contributed by atoms with Crippen LogP contribution < -0.4 is 4.90 Å². The normalized spacial score (nSPS) is 21.1. The third-order valence-electron chi connectivity index (χ3n) is 2.25. The van der Waals surface area contributed by atoms with Crippen molar-refractivity contribution in [3.8, 4) is 6.07 Å². The number of hydrogen-bond donors (Lipinski definition) is 0. The van der Waals surface area contributed by atoms with E-state index in [1.165, 1.54) is 0 Å². The van der Waals surface area contributed by atoms with Crippen molar-refractivity contribution in [2.24, 2.45) is 0 Å². The summed E-state index contributed by atoms with van der Waals surface area (Å²) in [5.74, 6) is 0.891. The van der Waals surface area contributed by atoms with Crippen LogP contribution in [0.5, 0.6) is 0 Å². The van der Waals surface area contributed by atoms with Crippen molar-refractivity contribution in [3.63, 3.8) is 0 Å². The van der Waals surface area contributed by atoms with Crippen molar-refractivity contribution >= 4 is 21.7 Å². The van der Waals surface area contributed by atoms with E-state index >= 15 is 0 Å². The summed E-state index contributed by atoms with van der Waals surface area (Å²) in [7, 11) is 0. The van der Waals surface area contributed by atoms with Crippen molar-refractivity contribution in [1.29, 1.82) is 5.26 Å². The summed E-state index contributed by atoms with van der Waals surface area (Å²) < 4.78 is 6.22. The highest BCUT2D eigenvalue weighted by molar-refractivity contribution is 9.10. The summed E-state index contributed by atoms with van der Waals surface area (Å²) in [5, 5.41) is 8.77.